The number of hydrogen-bond acceptors (Lipinski definition) is 3. The molecule has 1 aromatic carbocycles. The van der Waals surface area contributed by atoms with Gasteiger partial charge in [0.1, 0.15) is 16.9 Å². The average molecular weight is 344 g/mol. The largest absolute Gasteiger partial charge is 0.465 e. The van der Waals surface area contributed by atoms with Crippen LogP contribution < -0.4 is 4.90 Å². The van der Waals surface area contributed by atoms with Crippen molar-refractivity contribution in [1.29, 1.82) is 5.26 Å². The van der Waals surface area contributed by atoms with Crippen molar-refractivity contribution in [3.8, 4) is 6.07 Å². The Bertz CT molecular complexity index is 707. The van der Waals surface area contributed by atoms with Gasteiger partial charge in [-0.3, -0.25) is 9.69 Å². The van der Waals surface area contributed by atoms with E-state index >= 15 is 0 Å². The molecule has 1 aromatic rings. The number of carbonyl (C=O) groups is 2. The number of halogens is 3. The van der Waals surface area contributed by atoms with Crippen molar-refractivity contribution in [3.63, 3.8) is 0 Å². The molecule has 2 rings (SSSR count). The number of rotatable bonds is 2. The molecule has 1 saturated heterocycles. The number of hydrogen-bond donors (Lipinski definition) is 1. The monoisotopic (exact) mass is 343 g/mol. The van der Waals surface area contributed by atoms with E-state index in [-0.39, 0.29) is 18.7 Å². The number of likely N-dealkylation sites (tertiary alicyclic amines) is 1. The van der Waals surface area contributed by atoms with Gasteiger partial charge in [0, 0.05) is 13.6 Å². The number of likely N-dealkylation sites (N-methyl/N-ethyl adjacent to an activating group) is 1. The molecular weight excluding hydrogens is 332 g/mol. The molecule has 0 saturated carbocycles. The minimum atomic E-state index is -1.34. The van der Waals surface area contributed by atoms with E-state index in [1.54, 1.807) is 0 Å². The van der Waals surface area contributed by atoms with Crippen LogP contribution in [-0.2, 0) is 4.79 Å². The fourth-order valence-electron chi connectivity index (χ4n) is 2.49. The first kappa shape index (κ1) is 17.0. The summed E-state index contributed by atoms with van der Waals surface area (Å²) in [6.07, 6.45) is -1.32. The summed E-state index contributed by atoms with van der Waals surface area (Å²) in [6, 6.07) is 2.76. The molecule has 0 bridgehead atoms. The van der Waals surface area contributed by atoms with E-state index in [4.69, 9.17) is 22.0 Å². The molecule has 23 heavy (non-hydrogen) atoms. The fourth-order valence-corrected chi connectivity index (χ4v) is 2.65. The lowest BCUT2D eigenvalue weighted by molar-refractivity contribution is -0.122. The highest BCUT2D eigenvalue weighted by Gasteiger charge is 2.41. The average Bonchev–Trinajstić information content (AvgIpc) is 2.96. The third-order valence-corrected chi connectivity index (χ3v) is 4.07. The molecular formula is C14H12ClF2N3O3. The maximum absolute atomic E-state index is 14.0. The number of nitrogens with zero attached hydrogens (tertiary/aromatic N) is 3. The van der Waals surface area contributed by atoms with Crippen molar-refractivity contribution in [2.75, 3.05) is 18.5 Å². The predicted octanol–water partition coefficient (Wildman–Crippen LogP) is 2.47. The molecule has 122 valence electrons. The van der Waals surface area contributed by atoms with Gasteiger partial charge in [0.2, 0.25) is 5.91 Å². The molecule has 0 spiro atoms. The Morgan fingerprint density at radius 2 is 2.13 bits per heavy atom. The highest BCUT2D eigenvalue weighted by atomic mass is 35.5. The third kappa shape index (κ3) is 3.05. The van der Waals surface area contributed by atoms with Crippen LogP contribution in [0.4, 0.5) is 19.3 Å². The van der Waals surface area contributed by atoms with Gasteiger partial charge in [-0.2, -0.15) is 5.26 Å². The Labute approximate surface area is 135 Å². The van der Waals surface area contributed by atoms with Crippen molar-refractivity contribution in [2.24, 2.45) is 5.92 Å². The van der Waals surface area contributed by atoms with Crippen LogP contribution in [0.5, 0.6) is 0 Å². The van der Waals surface area contributed by atoms with Crippen LogP contribution in [0.2, 0.25) is 5.02 Å². The standard InChI is InChI=1S/C14H12ClF2N3O3/c1-19(9-3-2-8(16)11(15)12(9)17)13(21)10-4-7(5-18)6-20(10)14(22)23/h2-3,7,10H,4,6H2,1H3,(H,22,23)/t7?,10-/m0/s1. The van der Waals surface area contributed by atoms with Gasteiger partial charge in [-0.15, -0.1) is 0 Å². The molecule has 6 nitrogen and oxygen atoms in total. The molecule has 9 heteroatoms. The summed E-state index contributed by atoms with van der Waals surface area (Å²) in [5, 5.41) is 17.3. The molecule has 1 fully saturated rings. The van der Waals surface area contributed by atoms with Gasteiger partial charge in [-0.05, 0) is 18.6 Å². The first-order chi connectivity index (χ1) is 10.8. The van der Waals surface area contributed by atoms with Crippen molar-refractivity contribution in [2.45, 2.75) is 12.5 Å². The Kier molecular flexibility index (Phi) is 4.71. The van der Waals surface area contributed by atoms with Crippen molar-refractivity contribution >= 4 is 29.3 Å². The number of carbonyl (C=O) groups excluding carboxylic acids is 1. The summed E-state index contributed by atoms with van der Waals surface area (Å²) >= 11 is 5.48. The van der Waals surface area contributed by atoms with E-state index in [0.717, 1.165) is 21.9 Å². The van der Waals surface area contributed by atoms with Crippen LogP contribution in [0.25, 0.3) is 0 Å². The van der Waals surface area contributed by atoms with Gasteiger partial charge in [0.05, 0.1) is 17.7 Å². The Balaban J connectivity index is 2.31. The second-order valence-corrected chi connectivity index (χ2v) is 5.48. The minimum absolute atomic E-state index is 0.0164. The van der Waals surface area contributed by atoms with E-state index in [9.17, 15) is 18.4 Å². The third-order valence-electron chi connectivity index (χ3n) is 3.72. The Morgan fingerprint density at radius 3 is 2.70 bits per heavy atom. The first-order valence-corrected chi connectivity index (χ1v) is 6.96. The van der Waals surface area contributed by atoms with E-state index in [2.05, 4.69) is 0 Å². The molecule has 0 radical (unpaired) electrons. The SMILES string of the molecule is CN(C(=O)[C@@H]1CC(C#N)CN1C(=O)O)c1ccc(F)c(Cl)c1F. The van der Waals surface area contributed by atoms with Gasteiger partial charge in [0.15, 0.2) is 5.82 Å². The second-order valence-electron chi connectivity index (χ2n) is 5.10. The summed E-state index contributed by atoms with van der Waals surface area (Å²) in [5.74, 6) is -3.41. The lowest BCUT2D eigenvalue weighted by Gasteiger charge is -2.26. The topological polar surface area (TPSA) is 84.6 Å². The molecule has 1 aliphatic heterocycles. The quantitative estimate of drug-likeness (QED) is 0.836. The maximum Gasteiger partial charge on any atom is 0.408 e. The normalized spacial score (nSPS) is 20.2. The lowest BCUT2D eigenvalue weighted by atomic mass is 10.1. The van der Waals surface area contributed by atoms with Gasteiger partial charge >= 0.3 is 6.09 Å². The number of nitriles is 1. The van der Waals surface area contributed by atoms with E-state index in [0.29, 0.717) is 0 Å². The number of amides is 2. The molecule has 1 heterocycles. The first-order valence-electron chi connectivity index (χ1n) is 6.58. The summed E-state index contributed by atoms with van der Waals surface area (Å²) in [7, 11) is 1.23. The molecule has 1 unspecified atom stereocenters. The zero-order valence-corrected chi connectivity index (χ0v) is 12.7. The van der Waals surface area contributed by atoms with Crippen molar-refractivity contribution in [3.05, 3.63) is 28.8 Å². The second kappa shape index (κ2) is 6.38. The number of anilines is 1. The Hall–Kier alpha value is -2.40. The summed E-state index contributed by atoms with van der Waals surface area (Å²) in [6.45, 7) is -0.0945. The lowest BCUT2D eigenvalue weighted by Crippen LogP contribution is -2.46. The van der Waals surface area contributed by atoms with Crippen LogP contribution in [0, 0.1) is 28.9 Å². The molecule has 0 aliphatic carbocycles. The highest BCUT2D eigenvalue weighted by Crippen LogP contribution is 2.30. The summed E-state index contributed by atoms with van der Waals surface area (Å²) in [5.41, 5.74) is -0.271. The highest BCUT2D eigenvalue weighted by molar-refractivity contribution is 6.31. The van der Waals surface area contributed by atoms with Crippen LogP contribution in [0.3, 0.4) is 0 Å². The van der Waals surface area contributed by atoms with Crippen LogP contribution >= 0.6 is 11.6 Å². The van der Waals surface area contributed by atoms with Crippen LogP contribution in [-0.4, -0.2) is 41.6 Å². The van der Waals surface area contributed by atoms with Gasteiger partial charge in [-0.1, -0.05) is 11.6 Å². The Morgan fingerprint density at radius 1 is 1.48 bits per heavy atom. The smallest absolute Gasteiger partial charge is 0.408 e. The molecule has 1 N–H and O–H groups in total. The molecule has 2 atom stereocenters. The van der Waals surface area contributed by atoms with Crippen LogP contribution in [0.15, 0.2) is 12.1 Å². The summed E-state index contributed by atoms with van der Waals surface area (Å²) < 4.78 is 27.2. The van der Waals surface area contributed by atoms with Crippen molar-refractivity contribution in [1.82, 2.24) is 4.90 Å². The van der Waals surface area contributed by atoms with Gasteiger partial charge in [-0.25, -0.2) is 13.6 Å². The molecule has 2 amide bonds. The van der Waals surface area contributed by atoms with E-state index < -0.39 is 40.6 Å². The molecule has 0 aromatic heterocycles. The number of carboxylic acid groups (broad SMARTS) is 1. The van der Waals surface area contributed by atoms with Crippen LogP contribution in [0.1, 0.15) is 6.42 Å². The van der Waals surface area contributed by atoms with E-state index in [1.807, 2.05) is 6.07 Å². The maximum atomic E-state index is 14.0. The van der Waals surface area contributed by atoms with Gasteiger partial charge in [0.25, 0.3) is 0 Å². The zero-order valence-electron chi connectivity index (χ0n) is 12.0. The van der Waals surface area contributed by atoms with Gasteiger partial charge < -0.3 is 10.0 Å². The van der Waals surface area contributed by atoms with Crippen molar-refractivity contribution < 1.29 is 23.5 Å². The summed E-state index contributed by atoms with van der Waals surface area (Å²) in [4.78, 5) is 25.4. The van der Waals surface area contributed by atoms with E-state index in [1.165, 1.54) is 7.05 Å². The number of benzene rings is 1. The zero-order chi connectivity index (χ0) is 17.3. The molecule has 1 aliphatic rings. The minimum Gasteiger partial charge on any atom is -0.465 e. The predicted molar refractivity (Wildman–Crippen MR) is 77.0 cm³/mol. The fraction of sp³-hybridized carbons (Fsp3) is 0.357.